The van der Waals surface area contributed by atoms with E-state index in [9.17, 15) is 13.2 Å². The van der Waals surface area contributed by atoms with Crippen molar-refractivity contribution in [3.8, 4) is 0 Å². The highest BCUT2D eigenvalue weighted by Gasteiger charge is 2.33. The number of hydrogen-bond acceptors (Lipinski definition) is 5. The van der Waals surface area contributed by atoms with Gasteiger partial charge in [-0.3, -0.25) is 9.48 Å². The Morgan fingerprint density at radius 2 is 1.97 bits per heavy atom. The average molecular weight is 459 g/mol. The largest absolute Gasteiger partial charge is 0.352 e. The molecule has 1 amide bonds. The van der Waals surface area contributed by atoms with Gasteiger partial charge in [0, 0.05) is 36.9 Å². The van der Waals surface area contributed by atoms with Crippen molar-refractivity contribution < 1.29 is 13.2 Å². The smallest absolute Gasteiger partial charge is 0.252 e. The normalized spacial score (nSPS) is 17.5. The van der Waals surface area contributed by atoms with E-state index in [0.717, 1.165) is 16.0 Å². The summed E-state index contributed by atoms with van der Waals surface area (Å²) in [5.41, 5.74) is 2.14. The fourth-order valence-electron chi connectivity index (χ4n) is 3.73. The molecule has 1 atom stereocenters. The average Bonchev–Trinajstić information content (AvgIpc) is 3.45. The summed E-state index contributed by atoms with van der Waals surface area (Å²) in [4.78, 5) is 13.7. The van der Waals surface area contributed by atoms with E-state index in [-0.39, 0.29) is 18.4 Å². The quantitative estimate of drug-likeness (QED) is 0.590. The molecule has 0 spiro atoms. The van der Waals surface area contributed by atoms with Crippen LogP contribution in [0.25, 0.3) is 0 Å². The molecule has 31 heavy (non-hydrogen) atoms. The van der Waals surface area contributed by atoms with Crippen LogP contribution in [0.4, 0.5) is 0 Å². The van der Waals surface area contributed by atoms with Gasteiger partial charge in [0.15, 0.2) is 0 Å². The van der Waals surface area contributed by atoms with Crippen molar-refractivity contribution in [2.24, 2.45) is 5.92 Å². The second kappa shape index (κ2) is 9.33. The minimum absolute atomic E-state index is 0.0946. The predicted octanol–water partition coefficient (Wildman–Crippen LogP) is 3.02. The van der Waals surface area contributed by atoms with Crippen LogP contribution in [0.2, 0.25) is 0 Å². The summed E-state index contributed by atoms with van der Waals surface area (Å²) in [6.07, 6.45) is 5.05. The van der Waals surface area contributed by atoms with Crippen molar-refractivity contribution in [3.63, 3.8) is 0 Å². The van der Waals surface area contributed by atoms with Crippen LogP contribution in [0.5, 0.6) is 0 Å². The van der Waals surface area contributed by atoms with Crippen LogP contribution >= 0.6 is 11.3 Å². The fourth-order valence-corrected chi connectivity index (χ4v) is 6.69. The number of piperidine rings is 1. The maximum Gasteiger partial charge on any atom is 0.252 e. The van der Waals surface area contributed by atoms with Gasteiger partial charge in [-0.05, 0) is 49.1 Å². The molecule has 3 heterocycles. The number of sulfonamides is 1. The molecule has 1 fully saturated rings. The molecule has 0 radical (unpaired) electrons. The number of aryl methyl sites for hydroxylation is 1. The van der Waals surface area contributed by atoms with Crippen LogP contribution in [0.1, 0.15) is 28.8 Å². The van der Waals surface area contributed by atoms with Crippen LogP contribution < -0.4 is 5.32 Å². The molecule has 1 aliphatic rings. The summed E-state index contributed by atoms with van der Waals surface area (Å²) in [6.45, 7) is 3.71. The molecular weight excluding hydrogens is 432 g/mol. The predicted molar refractivity (Wildman–Crippen MR) is 120 cm³/mol. The molecule has 0 unspecified atom stereocenters. The second-order valence-corrected chi connectivity index (χ2v) is 11.3. The lowest BCUT2D eigenvalue weighted by molar-refractivity contribution is -0.126. The molecule has 1 N–H and O–H groups in total. The molecule has 4 rings (SSSR count). The van der Waals surface area contributed by atoms with E-state index in [1.54, 1.807) is 12.3 Å². The van der Waals surface area contributed by atoms with Gasteiger partial charge in [-0.2, -0.15) is 9.40 Å². The maximum atomic E-state index is 12.9. The molecule has 0 aliphatic carbocycles. The highest BCUT2D eigenvalue weighted by molar-refractivity contribution is 7.91. The summed E-state index contributed by atoms with van der Waals surface area (Å²) < 4.78 is 29.4. The van der Waals surface area contributed by atoms with Gasteiger partial charge in [0.25, 0.3) is 10.0 Å². The number of aromatic nitrogens is 2. The third kappa shape index (κ3) is 5.23. The number of benzene rings is 1. The summed E-state index contributed by atoms with van der Waals surface area (Å²) >= 11 is 1.27. The van der Waals surface area contributed by atoms with Crippen molar-refractivity contribution in [2.45, 2.75) is 37.1 Å². The van der Waals surface area contributed by atoms with Crippen LogP contribution in [0.15, 0.2) is 59.1 Å². The summed E-state index contributed by atoms with van der Waals surface area (Å²) in [5, 5.41) is 7.18. The van der Waals surface area contributed by atoms with E-state index in [4.69, 9.17) is 0 Å². The number of amides is 1. The van der Waals surface area contributed by atoms with Crippen LogP contribution in [-0.2, 0) is 27.9 Å². The van der Waals surface area contributed by atoms with Crippen molar-refractivity contribution in [1.82, 2.24) is 19.4 Å². The highest BCUT2D eigenvalue weighted by Crippen LogP contribution is 2.28. The van der Waals surface area contributed by atoms with Crippen molar-refractivity contribution in [1.29, 1.82) is 0 Å². The van der Waals surface area contributed by atoms with Gasteiger partial charge >= 0.3 is 0 Å². The molecule has 9 heteroatoms. The first-order valence-electron chi connectivity index (χ1n) is 10.3. The zero-order chi connectivity index (χ0) is 21.8. The SMILES string of the molecule is Cc1ccc(S(=O)(=O)N2CCC[C@H](C(=O)NCc3ccc(Cn4cccn4)cc3)C2)s1. The Morgan fingerprint density at radius 3 is 2.65 bits per heavy atom. The lowest BCUT2D eigenvalue weighted by Gasteiger charge is -2.30. The molecule has 0 bridgehead atoms. The van der Waals surface area contributed by atoms with Crippen molar-refractivity contribution in [3.05, 3.63) is 70.9 Å². The van der Waals surface area contributed by atoms with Crippen LogP contribution in [0.3, 0.4) is 0 Å². The minimum Gasteiger partial charge on any atom is -0.352 e. The van der Waals surface area contributed by atoms with Crippen LogP contribution in [-0.4, -0.2) is 41.5 Å². The number of rotatable bonds is 7. The second-order valence-electron chi connectivity index (χ2n) is 7.81. The monoisotopic (exact) mass is 458 g/mol. The number of carbonyl (C=O) groups excluding carboxylic acids is 1. The first kappa shape index (κ1) is 21.7. The van der Waals surface area contributed by atoms with Gasteiger partial charge < -0.3 is 5.32 Å². The van der Waals surface area contributed by atoms with E-state index in [1.807, 2.05) is 54.2 Å². The summed E-state index contributed by atoms with van der Waals surface area (Å²) in [6, 6.07) is 13.4. The zero-order valence-corrected chi connectivity index (χ0v) is 19.0. The minimum atomic E-state index is -3.54. The number of hydrogen-bond donors (Lipinski definition) is 1. The van der Waals surface area contributed by atoms with E-state index in [1.165, 1.54) is 15.6 Å². The van der Waals surface area contributed by atoms with E-state index < -0.39 is 10.0 Å². The molecule has 164 valence electrons. The number of nitrogens with one attached hydrogen (secondary N) is 1. The molecule has 3 aromatic rings. The zero-order valence-electron chi connectivity index (χ0n) is 17.4. The Hall–Kier alpha value is -2.49. The van der Waals surface area contributed by atoms with Crippen molar-refractivity contribution in [2.75, 3.05) is 13.1 Å². The topological polar surface area (TPSA) is 84.3 Å². The number of carbonyl (C=O) groups is 1. The summed E-state index contributed by atoms with van der Waals surface area (Å²) in [5.74, 6) is -0.424. The van der Waals surface area contributed by atoms with Gasteiger partial charge in [0.1, 0.15) is 4.21 Å². The number of nitrogens with zero attached hydrogens (tertiary/aromatic N) is 3. The molecule has 7 nitrogen and oxygen atoms in total. The number of thiophene rings is 1. The van der Waals surface area contributed by atoms with E-state index in [0.29, 0.717) is 36.7 Å². The lowest BCUT2D eigenvalue weighted by Crippen LogP contribution is -2.45. The van der Waals surface area contributed by atoms with Crippen molar-refractivity contribution >= 4 is 27.3 Å². The Balaban J connectivity index is 1.32. The molecule has 1 saturated heterocycles. The van der Waals surface area contributed by atoms with Gasteiger partial charge in [-0.25, -0.2) is 8.42 Å². The van der Waals surface area contributed by atoms with Gasteiger partial charge in [0.05, 0.1) is 12.5 Å². The third-order valence-electron chi connectivity index (χ3n) is 5.46. The Labute approximate surface area is 186 Å². The summed E-state index contributed by atoms with van der Waals surface area (Å²) in [7, 11) is -3.54. The lowest BCUT2D eigenvalue weighted by atomic mass is 9.98. The molecule has 0 saturated carbocycles. The van der Waals surface area contributed by atoms with Gasteiger partial charge in [0.2, 0.25) is 5.91 Å². The van der Waals surface area contributed by atoms with E-state index in [2.05, 4.69) is 10.4 Å². The standard InChI is InChI=1S/C22H26N4O3S2/c1-17-5-10-21(30-17)31(28,29)26-13-2-4-20(16-26)22(27)23-14-18-6-8-19(9-7-18)15-25-12-3-11-24-25/h3,5-12,20H,2,4,13-16H2,1H3,(H,23,27)/t20-/m0/s1. The Bertz CT molecular complexity index is 1120. The first-order chi connectivity index (χ1) is 14.9. The van der Waals surface area contributed by atoms with Gasteiger partial charge in [-0.15, -0.1) is 11.3 Å². The Kier molecular flexibility index (Phi) is 6.54. The maximum absolute atomic E-state index is 12.9. The first-order valence-corrected chi connectivity index (χ1v) is 12.6. The molecule has 1 aliphatic heterocycles. The van der Waals surface area contributed by atoms with E-state index >= 15 is 0 Å². The molecule has 2 aromatic heterocycles. The van der Waals surface area contributed by atoms with Gasteiger partial charge in [-0.1, -0.05) is 24.3 Å². The Morgan fingerprint density at radius 1 is 1.19 bits per heavy atom. The highest BCUT2D eigenvalue weighted by atomic mass is 32.2. The molecule has 1 aromatic carbocycles. The fraction of sp³-hybridized carbons (Fsp3) is 0.364. The molecular formula is C22H26N4O3S2. The third-order valence-corrected chi connectivity index (χ3v) is 8.79. The van der Waals surface area contributed by atoms with Crippen LogP contribution in [0, 0.1) is 12.8 Å².